The third-order valence-corrected chi connectivity index (χ3v) is 5.46. The fourth-order valence-electron chi connectivity index (χ4n) is 3.27. The lowest BCUT2D eigenvalue weighted by atomic mass is 10.2. The Kier molecular flexibility index (Phi) is 5.68. The Morgan fingerprint density at radius 3 is 2.62 bits per heavy atom. The number of hydrogen-bond acceptors (Lipinski definition) is 7. The molecule has 0 fully saturated rings. The summed E-state index contributed by atoms with van der Waals surface area (Å²) in [6.45, 7) is 4.79. The normalized spacial score (nSPS) is 12.0. The fraction of sp³-hybridized carbons (Fsp3) is 0.286. The van der Waals surface area contributed by atoms with E-state index in [1.165, 1.54) is 36.6 Å². The van der Waals surface area contributed by atoms with Crippen molar-refractivity contribution in [2.24, 2.45) is 5.92 Å². The van der Waals surface area contributed by atoms with Crippen LogP contribution >= 0.6 is 11.3 Å². The molecule has 32 heavy (non-hydrogen) atoms. The first-order valence-corrected chi connectivity index (χ1v) is 10.5. The number of esters is 1. The first kappa shape index (κ1) is 21.9. The molecule has 1 N–H and O–H groups in total. The number of hydrogen-bond donors (Lipinski definition) is 1. The number of nitrogens with one attached hydrogen (secondary N) is 1. The van der Waals surface area contributed by atoms with E-state index in [0.29, 0.717) is 44.8 Å². The van der Waals surface area contributed by atoms with E-state index in [2.05, 4.69) is 33.9 Å². The number of methoxy groups -OCH3 is 1. The first-order chi connectivity index (χ1) is 15.1. The molecule has 0 saturated carbocycles. The first-order valence-electron chi connectivity index (χ1n) is 9.65. The Hall–Kier alpha value is -3.34. The zero-order valence-electron chi connectivity index (χ0n) is 17.4. The number of aromatic nitrogens is 3. The van der Waals surface area contributed by atoms with Crippen molar-refractivity contribution >= 4 is 49.6 Å². The van der Waals surface area contributed by atoms with Crippen molar-refractivity contribution in [1.29, 1.82) is 0 Å². The molecule has 4 rings (SSSR count). The van der Waals surface area contributed by atoms with Gasteiger partial charge in [0.1, 0.15) is 5.75 Å². The third-order valence-electron chi connectivity index (χ3n) is 4.53. The zero-order valence-corrected chi connectivity index (χ0v) is 18.2. The molecule has 2 aromatic heterocycles. The van der Waals surface area contributed by atoms with Gasteiger partial charge in [-0.25, -0.2) is 14.8 Å². The molecule has 168 valence electrons. The van der Waals surface area contributed by atoms with Gasteiger partial charge in [0.05, 0.1) is 33.9 Å². The van der Waals surface area contributed by atoms with Gasteiger partial charge in [-0.15, -0.1) is 13.2 Å². The van der Waals surface area contributed by atoms with Crippen molar-refractivity contribution in [3.8, 4) is 5.75 Å². The number of anilines is 2. The Balaban J connectivity index is 1.70. The van der Waals surface area contributed by atoms with Gasteiger partial charge in [0.25, 0.3) is 0 Å². The number of imidazole rings is 1. The molecule has 0 unspecified atom stereocenters. The predicted molar refractivity (Wildman–Crippen MR) is 115 cm³/mol. The van der Waals surface area contributed by atoms with Crippen molar-refractivity contribution < 1.29 is 27.4 Å². The Morgan fingerprint density at radius 1 is 1.16 bits per heavy atom. The maximum atomic E-state index is 12.5. The standard InChI is InChI=1S/C21H19F3N4O3S/c1-11(2)10-28-16-7-4-12(18(29)30-3)8-15(16)25-19(28)27-20-26-14-6-5-13(9-17(14)32-20)31-21(22,23)24/h4-9,11H,10H2,1-3H3,(H,25,26,27). The molecule has 0 saturated heterocycles. The third kappa shape index (κ3) is 4.62. The molecular formula is C21H19F3N4O3S. The Morgan fingerprint density at radius 2 is 1.94 bits per heavy atom. The van der Waals surface area contributed by atoms with Crippen molar-refractivity contribution in [3.63, 3.8) is 0 Å². The highest BCUT2D eigenvalue weighted by Crippen LogP contribution is 2.33. The Labute approximate surface area is 184 Å². The average Bonchev–Trinajstić information content (AvgIpc) is 3.25. The topological polar surface area (TPSA) is 78.3 Å². The smallest absolute Gasteiger partial charge is 0.465 e. The number of fused-ring (bicyclic) bond motifs is 2. The number of carbonyl (C=O) groups is 1. The summed E-state index contributed by atoms with van der Waals surface area (Å²) in [7, 11) is 1.31. The van der Waals surface area contributed by atoms with Crippen LogP contribution in [-0.2, 0) is 11.3 Å². The summed E-state index contributed by atoms with van der Waals surface area (Å²) in [5.41, 5.74) is 2.36. The van der Waals surface area contributed by atoms with E-state index in [0.717, 1.165) is 5.52 Å². The lowest BCUT2D eigenvalue weighted by molar-refractivity contribution is -0.274. The van der Waals surface area contributed by atoms with Gasteiger partial charge in [-0.05, 0) is 36.2 Å². The van der Waals surface area contributed by atoms with Gasteiger partial charge in [-0.1, -0.05) is 25.2 Å². The number of ether oxygens (including phenoxy) is 2. The zero-order chi connectivity index (χ0) is 23.0. The van der Waals surface area contributed by atoms with Crippen LogP contribution in [-0.4, -0.2) is 34.0 Å². The summed E-state index contributed by atoms with van der Waals surface area (Å²) in [6.07, 6.45) is -4.76. The molecule has 4 aromatic rings. The number of carbonyl (C=O) groups excluding carboxylic acids is 1. The van der Waals surface area contributed by atoms with Crippen LogP contribution in [0.2, 0.25) is 0 Å². The minimum atomic E-state index is -4.76. The van der Waals surface area contributed by atoms with Gasteiger partial charge in [-0.2, -0.15) is 0 Å². The molecule has 0 amide bonds. The molecule has 11 heteroatoms. The van der Waals surface area contributed by atoms with Crippen LogP contribution in [0.3, 0.4) is 0 Å². The van der Waals surface area contributed by atoms with E-state index in [1.54, 1.807) is 18.2 Å². The number of benzene rings is 2. The number of thiazole rings is 1. The molecule has 0 bridgehead atoms. The second-order valence-corrected chi connectivity index (χ2v) is 8.49. The van der Waals surface area contributed by atoms with Crippen molar-refractivity contribution in [2.75, 3.05) is 12.4 Å². The molecule has 7 nitrogen and oxygen atoms in total. The summed E-state index contributed by atoms with van der Waals surface area (Å²) in [6, 6.07) is 9.13. The average molecular weight is 464 g/mol. The van der Waals surface area contributed by atoms with Crippen LogP contribution in [0, 0.1) is 5.92 Å². The van der Waals surface area contributed by atoms with Crippen LogP contribution in [0.15, 0.2) is 36.4 Å². The van der Waals surface area contributed by atoms with Crippen molar-refractivity contribution in [2.45, 2.75) is 26.8 Å². The highest BCUT2D eigenvalue weighted by Gasteiger charge is 2.31. The van der Waals surface area contributed by atoms with E-state index >= 15 is 0 Å². The molecule has 0 aliphatic carbocycles. The van der Waals surface area contributed by atoms with Crippen LogP contribution in [0.1, 0.15) is 24.2 Å². The molecule has 0 aliphatic rings. The number of halogens is 3. The number of nitrogens with zero attached hydrogens (tertiary/aromatic N) is 3. The SMILES string of the molecule is COC(=O)c1ccc2c(c1)nc(Nc1nc3ccc(OC(F)(F)F)cc3s1)n2CC(C)C. The quantitative estimate of drug-likeness (QED) is 0.367. The van der Waals surface area contributed by atoms with E-state index in [9.17, 15) is 18.0 Å². The van der Waals surface area contributed by atoms with Crippen LogP contribution in [0.5, 0.6) is 5.75 Å². The lowest BCUT2D eigenvalue weighted by Crippen LogP contribution is -2.16. The van der Waals surface area contributed by atoms with Crippen LogP contribution in [0.4, 0.5) is 24.3 Å². The van der Waals surface area contributed by atoms with Crippen LogP contribution < -0.4 is 10.1 Å². The minimum Gasteiger partial charge on any atom is -0.465 e. The van der Waals surface area contributed by atoms with E-state index in [1.807, 2.05) is 4.57 Å². The summed E-state index contributed by atoms with van der Waals surface area (Å²) in [5, 5.41) is 3.64. The van der Waals surface area contributed by atoms with Gasteiger partial charge >= 0.3 is 12.3 Å². The number of alkyl halides is 3. The molecule has 0 spiro atoms. The van der Waals surface area contributed by atoms with E-state index < -0.39 is 12.3 Å². The monoisotopic (exact) mass is 464 g/mol. The second-order valence-electron chi connectivity index (χ2n) is 7.46. The molecule has 2 aromatic carbocycles. The maximum absolute atomic E-state index is 12.5. The summed E-state index contributed by atoms with van der Waals surface area (Å²) >= 11 is 1.18. The largest absolute Gasteiger partial charge is 0.573 e. The van der Waals surface area contributed by atoms with Crippen molar-refractivity contribution in [3.05, 3.63) is 42.0 Å². The van der Waals surface area contributed by atoms with Crippen molar-refractivity contribution in [1.82, 2.24) is 14.5 Å². The van der Waals surface area contributed by atoms with Gasteiger partial charge < -0.3 is 19.4 Å². The minimum absolute atomic E-state index is 0.303. The molecule has 0 aliphatic heterocycles. The lowest BCUT2D eigenvalue weighted by Gasteiger charge is -2.11. The molecular weight excluding hydrogens is 445 g/mol. The van der Waals surface area contributed by atoms with Gasteiger partial charge in [0, 0.05) is 12.6 Å². The highest BCUT2D eigenvalue weighted by molar-refractivity contribution is 7.22. The van der Waals surface area contributed by atoms with Gasteiger partial charge in [0.2, 0.25) is 5.95 Å². The second kappa shape index (κ2) is 8.30. The number of rotatable bonds is 6. The maximum Gasteiger partial charge on any atom is 0.573 e. The van der Waals surface area contributed by atoms with Crippen LogP contribution in [0.25, 0.3) is 21.3 Å². The van der Waals surface area contributed by atoms with E-state index in [-0.39, 0.29) is 5.75 Å². The highest BCUT2D eigenvalue weighted by atomic mass is 32.1. The van der Waals surface area contributed by atoms with E-state index in [4.69, 9.17) is 4.74 Å². The summed E-state index contributed by atoms with van der Waals surface area (Å²) < 4.78 is 48.8. The Bertz CT molecular complexity index is 1300. The molecule has 2 heterocycles. The molecule has 0 radical (unpaired) electrons. The molecule has 0 atom stereocenters. The van der Waals surface area contributed by atoms with Gasteiger partial charge in [-0.3, -0.25) is 0 Å². The summed E-state index contributed by atoms with van der Waals surface area (Å²) in [5.74, 6) is 0.0673. The predicted octanol–water partition coefficient (Wildman–Crippen LogP) is 5.73. The summed E-state index contributed by atoms with van der Waals surface area (Å²) in [4.78, 5) is 20.9. The van der Waals surface area contributed by atoms with Gasteiger partial charge in [0.15, 0.2) is 5.13 Å². The fourth-order valence-corrected chi connectivity index (χ4v) is 4.16.